The number of sulfonamides is 1. The Morgan fingerprint density at radius 2 is 1.72 bits per heavy atom. The molecule has 1 amide bonds. The van der Waals surface area contributed by atoms with Crippen LogP contribution in [0.5, 0.6) is 0 Å². The molecule has 152 valence electrons. The smallest absolute Gasteiger partial charge is 0.243 e. The minimum atomic E-state index is -3.60. The van der Waals surface area contributed by atoms with E-state index in [4.69, 9.17) is 0 Å². The predicted octanol–water partition coefficient (Wildman–Crippen LogP) is 4.53. The number of anilines is 1. The van der Waals surface area contributed by atoms with Crippen molar-refractivity contribution >= 4 is 33.0 Å². The van der Waals surface area contributed by atoms with Crippen LogP contribution >= 0.6 is 11.3 Å². The van der Waals surface area contributed by atoms with Crippen LogP contribution in [0.1, 0.15) is 23.3 Å². The number of amides is 1. The van der Waals surface area contributed by atoms with E-state index in [-0.39, 0.29) is 10.8 Å². The highest BCUT2D eigenvalue weighted by molar-refractivity contribution is 7.89. The lowest BCUT2D eigenvalue weighted by Gasteiger charge is -2.17. The third kappa shape index (κ3) is 6.00. The van der Waals surface area contributed by atoms with Gasteiger partial charge in [0.25, 0.3) is 0 Å². The van der Waals surface area contributed by atoms with E-state index in [1.807, 2.05) is 41.8 Å². The third-order valence-corrected chi connectivity index (χ3v) is 7.26. The van der Waals surface area contributed by atoms with Crippen molar-refractivity contribution in [2.24, 2.45) is 0 Å². The van der Waals surface area contributed by atoms with E-state index in [9.17, 15) is 13.2 Å². The zero-order valence-corrected chi connectivity index (χ0v) is 17.9. The molecule has 3 rings (SSSR count). The zero-order chi connectivity index (χ0) is 20.7. The van der Waals surface area contributed by atoms with Crippen LogP contribution in [0.2, 0.25) is 0 Å². The van der Waals surface area contributed by atoms with Gasteiger partial charge in [-0.1, -0.05) is 36.4 Å². The van der Waals surface area contributed by atoms with Gasteiger partial charge in [0.2, 0.25) is 15.9 Å². The number of nitrogens with zero attached hydrogens (tertiary/aromatic N) is 1. The number of aryl methyl sites for hydroxylation is 1. The number of hydrogen-bond acceptors (Lipinski definition) is 4. The molecule has 0 saturated carbocycles. The molecule has 1 N–H and O–H groups in total. The summed E-state index contributed by atoms with van der Waals surface area (Å²) in [6.45, 7) is 0.298. The molecule has 1 heterocycles. The Labute approximate surface area is 176 Å². The normalized spacial score (nSPS) is 11.5. The topological polar surface area (TPSA) is 66.5 Å². The van der Waals surface area contributed by atoms with Crippen LogP contribution < -0.4 is 5.32 Å². The fraction of sp³-hybridized carbons (Fsp3) is 0.227. The van der Waals surface area contributed by atoms with Crippen LogP contribution in [-0.4, -0.2) is 25.7 Å². The number of rotatable bonds is 9. The maximum absolute atomic E-state index is 12.8. The summed E-state index contributed by atoms with van der Waals surface area (Å²) in [5.74, 6) is -0.0710. The quantitative estimate of drug-likeness (QED) is 0.544. The van der Waals surface area contributed by atoms with Crippen molar-refractivity contribution < 1.29 is 13.2 Å². The minimum Gasteiger partial charge on any atom is -0.326 e. The van der Waals surface area contributed by atoms with Gasteiger partial charge in [0.05, 0.1) is 4.90 Å². The molecule has 0 aliphatic heterocycles. The summed E-state index contributed by atoms with van der Waals surface area (Å²) in [5, 5.41) is 4.86. The van der Waals surface area contributed by atoms with Gasteiger partial charge in [0.15, 0.2) is 0 Å². The summed E-state index contributed by atoms with van der Waals surface area (Å²) < 4.78 is 26.8. The Balaban J connectivity index is 1.55. The Morgan fingerprint density at radius 1 is 1.00 bits per heavy atom. The Hall–Kier alpha value is -2.48. The van der Waals surface area contributed by atoms with E-state index in [1.165, 1.54) is 21.3 Å². The zero-order valence-electron chi connectivity index (χ0n) is 16.2. The summed E-state index contributed by atoms with van der Waals surface area (Å²) in [7, 11) is -2.04. The number of hydrogen-bond donors (Lipinski definition) is 1. The average Bonchev–Trinajstić information content (AvgIpc) is 3.22. The SMILES string of the molecule is CN(Cc1ccccc1)S(=O)(=O)c1ccc(NC(=O)CCCc2cccs2)cc1. The predicted molar refractivity (Wildman–Crippen MR) is 117 cm³/mol. The number of carbonyl (C=O) groups is 1. The van der Waals surface area contributed by atoms with Gasteiger partial charge in [-0.2, -0.15) is 4.31 Å². The van der Waals surface area contributed by atoms with Gasteiger partial charge in [0.1, 0.15) is 0 Å². The number of thiophene rings is 1. The standard InChI is InChI=1S/C22H24N2O3S2/c1-24(17-18-7-3-2-4-8-18)29(26,27)21-14-12-19(13-15-21)23-22(25)11-5-9-20-10-6-16-28-20/h2-4,6-8,10,12-16H,5,9,11,17H2,1H3,(H,23,25). The second kappa shape index (κ2) is 9.82. The molecule has 0 aliphatic rings. The first-order chi connectivity index (χ1) is 13.9. The van der Waals surface area contributed by atoms with Gasteiger partial charge >= 0.3 is 0 Å². The average molecular weight is 429 g/mol. The largest absolute Gasteiger partial charge is 0.326 e. The Bertz CT molecular complexity index is 1020. The summed E-state index contributed by atoms with van der Waals surface area (Å²) in [6.07, 6.45) is 2.09. The molecule has 0 atom stereocenters. The molecule has 3 aromatic rings. The molecule has 7 heteroatoms. The van der Waals surface area contributed by atoms with Crippen LogP contribution in [-0.2, 0) is 27.8 Å². The first-order valence-electron chi connectivity index (χ1n) is 9.38. The van der Waals surface area contributed by atoms with Gasteiger partial charge in [-0.15, -0.1) is 11.3 Å². The maximum atomic E-state index is 12.8. The molecule has 0 unspecified atom stereocenters. The summed E-state index contributed by atoms with van der Waals surface area (Å²) in [5.41, 5.74) is 1.51. The molecular weight excluding hydrogens is 404 g/mol. The van der Waals surface area contributed by atoms with Crippen molar-refractivity contribution in [3.05, 3.63) is 82.6 Å². The van der Waals surface area contributed by atoms with Gasteiger partial charge < -0.3 is 5.32 Å². The lowest BCUT2D eigenvalue weighted by Crippen LogP contribution is -2.26. The van der Waals surface area contributed by atoms with E-state index >= 15 is 0 Å². The molecule has 0 fully saturated rings. The highest BCUT2D eigenvalue weighted by atomic mass is 32.2. The molecule has 0 spiro atoms. The second-order valence-electron chi connectivity index (χ2n) is 6.75. The van der Waals surface area contributed by atoms with Gasteiger partial charge in [-0.05, 0) is 54.1 Å². The van der Waals surface area contributed by atoms with Crippen LogP contribution in [0.25, 0.3) is 0 Å². The molecule has 1 aromatic heterocycles. The number of nitrogens with one attached hydrogen (secondary N) is 1. The lowest BCUT2D eigenvalue weighted by atomic mass is 10.2. The molecule has 0 aliphatic carbocycles. The summed E-state index contributed by atoms with van der Waals surface area (Å²) in [6, 6.07) is 19.8. The van der Waals surface area contributed by atoms with E-state index in [1.54, 1.807) is 30.5 Å². The lowest BCUT2D eigenvalue weighted by molar-refractivity contribution is -0.116. The van der Waals surface area contributed by atoms with E-state index < -0.39 is 10.0 Å². The first-order valence-corrected chi connectivity index (χ1v) is 11.7. The fourth-order valence-corrected chi connectivity index (χ4v) is 4.83. The molecule has 29 heavy (non-hydrogen) atoms. The van der Waals surface area contributed by atoms with Crippen LogP contribution in [0.3, 0.4) is 0 Å². The van der Waals surface area contributed by atoms with Gasteiger partial charge in [-0.3, -0.25) is 4.79 Å². The van der Waals surface area contributed by atoms with Gasteiger partial charge in [0, 0.05) is 30.6 Å². The fourth-order valence-electron chi connectivity index (χ4n) is 2.92. The van der Waals surface area contributed by atoms with Crippen LogP contribution in [0.15, 0.2) is 77.0 Å². The molecule has 0 radical (unpaired) electrons. The maximum Gasteiger partial charge on any atom is 0.243 e. The van der Waals surface area contributed by atoms with Crippen LogP contribution in [0.4, 0.5) is 5.69 Å². The van der Waals surface area contributed by atoms with E-state index in [2.05, 4.69) is 11.4 Å². The number of carbonyl (C=O) groups excluding carboxylic acids is 1. The third-order valence-electron chi connectivity index (χ3n) is 4.50. The minimum absolute atomic E-state index is 0.0710. The van der Waals surface area contributed by atoms with Crippen molar-refractivity contribution in [3.8, 4) is 0 Å². The monoisotopic (exact) mass is 428 g/mol. The summed E-state index contributed by atoms with van der Waals surface area (Å²) in [4.78, 5) is 13.6. The van der Waals surface area contributed by atoms with Crippen molar-refractivity contribution in [2.75, 3.05) is 12.4 Å². The van der Waals surface area contributed by atoms with Crippen LogP contribution in [0, 0.1) is 0 Å². The highest BCUT2D eigenvalue weighted by Crippen LogP contribution is 2.20. The molecule has 5 nitrogen and oxygen atoms in total. The van der Waals surface area contributed by atoms with E-state index in [0.717, 1.165) is 18.4 Å². The Kier molecular flexibility index (Phi) is 7.19. The summed E-state index contributed by atoms with van der Waals surface area (Å²) >= 11 is 1.69. The van der Waals surface area contributed by atoms with Crippen molar-refractivity contribution in [1.29, 1.82) is 0 Å². The number of benzene rings is 2. The van der Waals surface area contributed by atoms with Crippen molar-refractivity contribution in [2.45, 2.75) is 30.7 Å². The molecular formula is C22H24N2O3S2. The van der Waals surface area contributed by atoms with E-state index in [0.29, 0.717) is 18.7 Å². The molecule has 0 saturated heterocycles. The molecule has 0 bridgehead atoms. The Morgan fingerprint density at radius 3 is 2.38 bits per heavy atom. The first kappa shape index (κ1) is 21.2. The van der Waals surface area contributed by atoms with Crippen molar-refractivity contribution in [3.63, 3.8) is 0 Å². The highest BCUT2D eigenvalue weighted by Gasteiger charge is 2.20. The van der Waals surface area contributed by atoms with Crippen molar-refractivity contribution in [1.82, 2.24) is 4.31 Å². The molecule has 2 aromatic carbocycles. The van der Waals surface area contributed by atoms with Gasteiger partial charge in [-0.25, -0.2) is 8.42 Å². The second-order valence-corrected chi connectivity index (χ2v) is 9.83.